The molecular formula is C15H12O6. The Balaban J connectivity index is 2.19. The molecule has 2 aromatic carbocycles. The van der Waals surface area contributed by atoms with Crippen molar-refractivity contribution in [3.05, 3.63) is 53.1 Å². The third-order valence-corrected chi connectivity index (χ3v) is 3.40. The maximum absolute atomic E-state index is 11.5. The van der Waals surface area contributed by atoms with Gasteiger partial charge in [-0.1, -0.05) is 30.3 Å². The molecule has 0 spiro atoms. The molecule has 0 radical (unpaired) electrons. The van der Waals surface area contributed by atoms with Crippen LogP contribution < -0.4 is 4.74 Å². The van der Waals surface area contributed by atoms with E-state index >= 15 is 0 Å². The minimum atomic E-state index is -2.84. The van der Waals surface area contributed by atoms with Gasteiger partial charge < -0.3 is 25.2 Å². The monoisotopic (exact) mass is 288 g/mol. The summed E-state index contributed by atoms with van der Waals surface area (Å²) in [4.78, 5) is 11.5. The molecule has 4 N–H and O–H groups in total. The molecule has 0 atom stereocenters. The van der Waals surface area contributed by atoms with Crippen LogP contribution in [0.3, 0.4) is 0 Å². The molecule has 0 fully saturated rings. The Morgan fingerprint density at radius 3 is 2.43 bits per heavy atom. The molecule has 108 valence electrons. The quantitative estimate of drug-likeness (QED) is 0.281. The average Bonchev–Trinajstić information content (AvgIpc) is 2.66. The minimum absolute atomic E-state index is 0.0343. The second-order valence-corrected chi connectivity index (χ2v) is 4.82. The number of carbonyl (C=O) groups is 1. The number of benzene rings is 2. The van der Waals surface area contributed by atoms with E-state index in [9.17, 15) is 25.2 Å². The summed E-state index contributed by atoms with van der Waals surface area (Å²) in [6.07, 6.45) is 0.100. The lowest BCUT2D eigenvalue weighted by molar-refractivity contribution is -0.196. The summed E-state index contributed by atoms with van der Waals surface area (Å²) >= 11 is 0. The van der Waals surface area contributed by atoms with E-state index in [2.05, 4.69) is 0 Å². The first kappa shape index (κ1) is 13.4. The van der Waals surface area contributed by atoms with E-state index in [1.807, 2.05) is 6.07 Å². The summed E-state index contributed by atoms with van der Waals surface area (Å²) in [5.74, 6) is -5.29. The summed E-state index contributed by atoms with van der Waals surface area (Å²) in [7, 11) is 0. The minimum Gasteiger partial charge on any atom is -0.504 e. The molecule has 0 amide bonds. The smallest absolute Gasteiger partial charge is 0.377 e. The number of carbonyl (C=O) groups excluding carboxylic acids is 1. The van der Waals surface area contributed by atoms with Crippen LogP contribution in [0.5, 0.6) is 17.2 Å². The van der Waals surface area contributed by atoms with Crippen LogP contribution in [0.1, 0.15) is 16.7 Å². The highest BCUT2D eigenvalue weighted by atomic mass is 16.6. The Morgan fingerprint density at radius 2 is 1.76 bits per heavy atom. The van der Waals surface area contributed by atoms with E-state index in [0.717, 1.165) is 11.6 Å². The molecule has 6 nitrogen and oxygen atoms in total. The Hall–Kier alpha value is -2.57. The molecule has 1 aliphatic rings. The molecule has 0 aromatic heterocycles. The van der Waals surface area contributed by atoms with Gasteiger partial charge in [0.15, 0.2) is 11.5 Å². The fraction of sp³-hybridized carbons (Fsp3) is 0.133. The Bertz CT molecular complexity index is 721. The van der Waals surface area contributed by atoms with Gasteiger partial charge in [-0.25, -0.2) is 4.79 Å². The maximum Gasteiger partial charge on any atom is 0.377 e. The predicted octanol–water partition coefficient (Wildman–Crippen LogP) is 0.745. The van der Waals surface area contributed by atoms with Crippen molar-refractivity contribution in [1.29, 1.82) is 0 Å². The predicted molar refractivity (Wildman–Crippen MR) is 70.8 cm³/mol. The van der Waals surface area contributed by atoms with Crippen molar-refractivity contribution in [2.24, 2.45) is 0 Å². The summed E-state index contributed by atoms with van der Waals surface area (Å²) in [6, 6.07) is 9.88. The number of fused-ring (bicyclic) bond motifs is 1. The highest BCUT2D eigenvalue weighted by Gasteiger charge is 2.49. The van der Waals surface area contributed by atoms with Gasteiger partial charge in [0, 0.05) is 18.1 Å². The van der Waals surface area contributed by atoms with E-state index in [-0.39, 0.29) is 23.3 Å². The lowest BCUT2D eigenvalue weighted by Crippen LogP contribution is -2.33. The van der Waals surface area contributed by atoms with Gasteiger partial charge >= 0.3 is 5.97 Å². The number of aliphatic hydroxyl groups is 2. The molecule has 21 heavy (non-hydrogen) atoms. The van der Waals surface area contributed by atoms with E-state index in [4.69, 9.17) is 4.74 Å². The third-order valence-electron chi connectivity index (χ3n) is 3.40. The summed E-state index contributed by atoms with van der Waals surface area (Å²) in [6.45, 7) is 0. The van der Waals surface area contributed by atoms with Crippen molar-refractivity contribution < 1.29 is 30.0 Å². The topological polar surface area (TPSA) is 107 Å². The van der Waals surface area contributed by atoms with Gasteiger partial charge in [-0.3, -0.25) is 0 Å². The number of aromatic hydroxyl groups is 2. The Morgan fingerprint density at radius 1 is 1.10 bits per heavy atom. The second-order valence-electron chi connectivity index (χ2n) is 4.82. The lowest BCUT2D eigenvalue weighted by Gasteiger charge is -2.16. The van der Waals surface area contributed by atoms with Crippen LogP contribution in [-0.2, 0) is 17.0 Å². The summed E-state index contributed by atoms with van der Waals surface area (Å²) in [5.41, 5.74) is 0.550. The molecule has 0 bridgehead atoms. The standard InChI is InChI=1S/C15H12O6/c16-10-7-11-12(15(19,20)14(18)21-11)9(13(10)17)6-8-4-2-1-3-5-8/h1-5,7,16-17,19-20H,6H2. The zero-order valence-electron chi connectivity index (χ0n) is 10.8. The summed E-state index contributed by atoms with van der Waals surface area (Å²) < 4.78 is 4.73. The first-order chi connectivity index (χ1) is 9.91. The first-order valence-corrected chi connectivity index (χ1v) is 6.20. The molecule has 0 aliphatic carbocycles. The van der Waals surface area contributed by atoms with Gasteiger partial charge in [0.05, 0.1) is 5.56 Å². The zero-order valence-corrected chi connectivity index (χ0v) is 10.8. The maximum atomic E-state index is 11.5. The van der Waals surface area contributed by atoms with Crippen LogP contribution >= 0.6 is 0 Å². The van der Waals surface area contributed by atoms with Crippen LogP contribution in [0.15, 0.2) is 36.4 Å². The third kappa shape index (κ3) is 2.01. The van der Waals surface area contributed by atoms with Crippen molar-refractivity contribution in [3.63, 3.8) is 0 Å². The fourth-order valence-corrected chi connectivity index (χ4v) is 2.39. The number of hydrogen-bond acceptors (Lipinski definition) is 6. The molecule has 0 saturated heterocycles. The van der Waals surface area contributed by atoms with Gasteiger partial charge in [-0.2, -0.15) is 0 Å². The van der Waals surface area contributed by atoms with E-state index in [0.29, 0.717) is 0 Å². The summed E-state index contributed by atoms with van der Waals surface area (Å²) in [5, 5.41) is 39.5. The number of hydrogen-bond donors (Lipinski definition) is 4. The van der Waals surface area contributed by atoms with Crippen LogP contribution in [-0.4, -0.2) is 26.4 Å². The Kier molecular flexibility index (Phi) is 2.86. The molecule has 3 rings (SSSR count). The number of rotatable bonds is 2. The Labute approximate surface area is 119 Å². The van der Waals surface area contributed by atoms with E-state index < -0.39 is 23.3 Å². The van der Waals surface area contributed by atoms with Gasteiger partial charge in [0.25, 0.3) is 5.79 Å². The van der Waals surface area contributed by atoms with Crippen molar-refractivity contribution in [3.8, 4) is 17.2 Å². The molecule has 2 aromatic rings. The van der Waals surface area contributed by atoms with Gasteiger partial charge in [0.2, 0.25) is 0 Å². The van der Waals surface area contributed by atoms with Crippen LogP contribution in [0.2, 0.25) is 0 Å². The second kappa shape index (κ2) is 4.47. The van der Waals surface area contributed by atoms with Crippen molar-refractivity contribution >= 4 is 5.97 Å². The number of ether oxygens (including phenoxy) is 1. The zero-order chi connectivity index (χ0) is 15.2. The molecule has 0 saturated carbocycles. The highest BCUT2D eigenvalue weighted by Crippen LogP contribution is 2.47. The molecule has 1 heterocycles. The van der Waals surface area contributed by atoms with E-state index in [1.165, 1.54) is 0 Å². The van der Waals surface area contributed by atoms with Crippen molar-refractivity contribution in [2.45, 2.75) is 12.2 Å². The van der Waals surface area contributed by atoms with Crippen molar-refractivity contribution in [1.82, 2.24) is 0 Å². The van der Waals surface area contributed by atoms with Crippen molar-refractivity contribution in [2.75, 3.05) is 0 Å². The van der Waals surface area contributed by atoms with Crippen LogP contribution in [0.25, 0.3) is 0 Å². The van der Waals surface area contributed by atoms with Gasteiger partial charge in [-0.15, -0.1) is 0 Å². The molecular weight excluding hydrogens is 276 g/mol. The molecule has 6 heteroatoms. The molecule has 1 aliphatic heterocycles. The normalized spacial score (nSPS) is 15.6. The first-order valence-electron chi connectivity index (χ1n) is 6.20. The largest absolute Gasteiger partial charge is 0.504 e. The number of phenolic OH excluding ortho intramolecular Hbond substituents is 2. The van der Waals surface area contributed by atoms with Gasteiger partial charge in [0.1, 0.15) is 5.75 Å². The van der Waals surface area contributed by atoms with Gasteiger partial charge in [-0.05, 0) is 5.56 Å². The number of phenols is 2. The average molecular weight is 288 g/mol. The molecule has 0 unspecified atom stereocenters. The lowest BCUT2D eigenvalue weighted by atomic mass is 9.93. The fourth-order valence-electron chi connectivity index (χ4n) is 2.39. The van der Waals surface area contributed by atoms with Crippen LogP contribution in [0.4, 0.5) is 0 Å². The van der Waals surface area contributed by atoms with E-state index in [1.54, 1.807) is 24.3 Å². The highest BCUT2D eigenvalue weighted by molar-refractivity contribution is 5.88. The van der Waals surface area contributed by atoms with Crippen LogP contribution in [0, 0.1) is 0 Å². The SMILES string of the molecule is O=C1Oc2cc(O)c(O)c(Cc3ccccc3)c2C1(O)O. The number of esters is 1.